The number of benzene rings is 9. The number of nitrogens with zero attached hydrogens (tertiary/aromatic N) is 2. The number of likely N-dealkylation sites (tertiary alicyclic amines) is 2. The van der Waals surface area contributed by atoms with Crippen LogP contribution in [-0.2, 0) is 96.8 Å². The third kappa shape index (κ3) is 26.3. The Morgan fingerprint density at radius 1 is 0.438 bits per heavy atom. The molecule has 9 aromatic carbocycles. The number of carboxylic acid groups (broad SMARTS) is 1. The number of furan rings is 3. The molecule has 15 rings (SSSR count). The van der Waals surface area contributed by atoms with Crippen LogP contribution in [0.5, 0.6) is 0 Å². The summed E-state index contributed by atoms with van der Waals surface area (Å²) < 4.78 is 112. The third-order valence-corrected chi connectivity index (χ3v) is 22.0. The summed E-state index contributed by atoms with van der Waals surface area (Å²) in [6.07, 6.45) is -0.225. The Labute approximate surface area is 762 Å². The molecule has 3 fully saturated rings. The number of carboxylic acids is 1. The van der Waals surface area contributed by atoms with Crippen molar-refractivity contribution in [1.29, 1.82) is 0 Å². The predicted octanol–water partition coefficient (Wildman–Crippen LogP) is 19.0. The number of hydrogen-bond donors (Lipinski definition) is 8. The Balaban J connectivity index is 0.000000175. The first-order valence-corrected chi connectivity index (χ1v) is 42.6. The first-order chi connectivity index (χ1) is 61.5. The van der Waals surface area contributed by atoms with Crippen LogP contribution in [0.1, 0.15) is 118 Å². The van der Waals surface area contributed by atoms with E-state index in [1.54, 1.807) is 69.9 Å². The number of carbonyl (C=O) groups excluding carboxylic acids is 7. The molecule has 0 unspecified atom stereocenters. The van der Waals surface area contributed by atoms with Gasteiger partial charge in [0.2, 0.25) is 29.5 Å². The van der Waals surface area contributed by atoms with Crippen molar-refractivity contribution < 1.29 is 92.5 Å². The maximum absolute atomic E-state index is 14.5. The third-order valence-electron chi connectivity index (χ3n) is 21.1. The fourth-order valence-electron chi connectivity index (χ4n) is 15.1. The van der Waals surface area contributed by atoms with E-state index in [1.807, 2.05) is 142 Å². The molecule has 3 aliphatic rings. The monoisotopic (exact) mass is 1850 g/mol. The lowest BCUT2D eigenvalue weighted by atomic mass is 9.97. The minimum Gasteiger partial charge on any atom is -0.481 e. The predicted molar refractivity (Wildman–Crippen MR) is 486 cm³/mol. The summed E-state index contributed by atoms with van der Waals surface area (Å²) in [5.74, 6) is -4.90. The van der Waals surface area contributed by atoms with E-state index in [9.17, 15) is 64.7 Å². The SMILES string of the molecule is C.CC(C)(C)OC(=O)NCc1cccc(-c2cc(CC(=O)N3C[C@H](F)C[C@H]3C(=O)NCc3cccc(Cl)c3F)cc3ccoc23)c1.CC(C)(C)OC(=O)NCc1cccc(-c2cc(CC(=O)O)cc3ccoc23)c1.NCc1cccc(-c2cc(CC(=O)N3C[C@H](F)C[C@H]3C(=O)NCc3cccc(Cl)c3F)cc3ccoc23)c1.O=C(NCc1cccc(Cl)c1F)[C@@H]1C[C@@H](F)CN1. The van der Waals surface area contributed by atoms with Crippen molar-refractivity contribution in [3.63, 3.8) is 0 Å². The van der Waals surface area contributed by atoms with Gasteiger partial charge in [-0.05, 0) is 183 Å². The summed E-state index contributed by atoms with van der Waals surface area (Å²) >= 11 is 17.3. The van der Waals surface area contributed by atoms with Crippen LogP contribution in [0.2, 0.25) is 15.1 Å². The molecule has 3 aromatic heterocycles. The van der Waals surface area contributed by atoms with Gasteiger partial charge in [0.15, 0.2) is 0 Å². The average Bonchev–Trinajstić information content (AvgIpc) is 1.61. The number of fused-ring (bicyclic) bond motifs is 3. The number of rotatable bonds is 23. The van der Waals surface area contributed by atoms with E-state index in [0.717, 1.165) is 66.2 Å². The lowest BCUT2D eigenvalue weighted by molar-refractivity contribution is -0.138. The van der Waals surface area contributed by atoms with Gasteiger partial charge >= 0.3 is 18.2 Å². The van der Waals surface area contributed by atoms with Gasteiger partial charge in [-0.15, -0.1) is 0 Å². The zero-order chi connectivity index (χ0) is 92.5. The van der Waals surface area contributed by atoms with Gasteiger partial charge in [0.25, 0.3) is 0 Å². The lowest BCUT2D eigenvalue weighted by Gasteiger charge is -2.24. The molecule has 0 saturated carbocycles. The van der Waals surface area contributed by atoms with Crippen LogP contribution < -0.4 is 37.6 Å². The minimum atomic E-state index is -1.36. The van der Waals surface area contributed by atoms with E-state index in [2.05, 4.69) is 31.9 Å². The number of halogens is 9. The van der Waals surface area contributed by atoms with E-state index in [1.165, 1.54) is 40.1 Å². The highest BCUT2D eigenvalue weighted by atomic mass is 35.5. The molecule has 3 aliphatic heterocycles. The van der Waals surface area contributed by atoms with Crippen molar-refractivity contribution in [2.45, 2.75) is 175 Å². The average molecular weight is 1850 g/mol. The maximum Gasteiger partial charge on any atom is 0.407 e. The second-order valence-corrected chi connectivity index (χ2v) is 34.5. The molecule has 3 saturated heterocycles. The van der Waals surface area contributed by atoms with Crippen LogP contribution in [0.15, 0.2) is 214 Å². The Bertz CT molecular complexity index is 6100. The molecule has 0 bridgehead atoms. The summed E-state index contributed by atoms with van der Waals surface area (Å²) in [6, 6.07) is 50.4. The molecule has 6 heterocycles. The first-order valence-electron chi connectivity index (χ1n) is 41.5. The number of nitrogens with one attached hydrogen (secondary N) is 6. The van der Waals surface area contributed by atoms with E-state index >= 15 is 0 Å². The normalized spacial score (nSPS) is 16.4. The summed E-state index contributed by atoms with van der Waals surface area (Å²) in [4.78, 5) is 102. The smallest absolute Gasteiger partial charge is 0.407 e. The molecule has 32 heteroatoms. The number of nitrogens with two attached hydrogens (primary N) is 1. The van der Waals surface area contributed by atoms with Gasteiger partial charge in [-0.1, -0.05) is 133 Å². The number of aliphatic carboxylic acids is 1. The zero-order valence-corrected chi connectivity index (χ0v) is 73.5. The van der Waals surface area contributed by atoms with Crippen molar-refractivity contribution in [3.8, 4) is 33.4 Å². The molecule has 0 aliphatic carbocycles. The van der Waals surface area contributed by atoms with Crippen LogP contribution in [0.25, 0.3) is 66.3 Å². The number of amides is 7. The van der Waals surface area contributed by atoms with Gasteiger partial charge in [-0.25, -0.2) is 35.9 Å². The second kappa shape index (κ2) is 44.1. The zero-order valence-electron chi connectivity index (χ0n) is 71.3. The molecular weight excluding hydrogens is 1750 g/mol. The summed E-state index contributed by atoms with van der Waals surface area (Å²) in [5.41, 5.74) is 17.1. The van der Waals surface area contributed by atoms with Crippen LogP contribution in [-0.4, -0.2) is 130 Å². The van der Waals surface area contributed by atoms with E-state index in [-0.39, 0.29) is 130 Å². The van der Waals surface area contributed by atoms with E-state index < -0.39 is 101 Å². The molecule has 9 N–H and O–H groups in total. The number of hydrogen-bond acceptors (Lipinski definition) is 15. The molecular formula is C98H100Cl3F6N9O14. The second-order valence-electron chi connectivity index (χ2n) is 33.3. The fourth-order valence-corrected chi connectivity index (χ4v) is 15.7. The van der Waals surface area contributed by atoms with Crippen LogP contribution >= 0.6 is 34.8 Å². The van der Waals surface area contributed by atoms with Crippen molar-refractivity contribution in [2.75, 3.05) is 19.6 Å². The topological polar surface area (TPSA) is 319 Å². The Hall–Kier alpha value is -12.7. The standard InChI is InChI=1S/C34H34ClF2N3O5.C29H26ClF2N3O3.C22H23NO5.C12H13ClF2N2O.CH4/c1-34(2,3)45-33(43)39-17-20-6-4-7-22(12-20)26-14-21(13-23-10-11-44-31(23)26)15-29(41)40-19-25(36)16-28(40)32(42)38-18-24-8-5-9-27(35)30(24)37;30-24-6-2-5-21(27(24)32)15-34-29(37)25-13-22(31)16-35(25)26(36)12-18-10-20-7-8-38-28(20)23(11-18)19-4-1-3-17(9-19)14-33;1-22(2,3)28-21(26)23-13-14-5-4-6-16(9-14)18-11-15(12-19(24)25)10-17-7-8-27-20(17)18;13-9-3-1-2-7(11(9)15)5-17-12(18)10-4-8(14)6-16-10;/h4-14,25,28H,15-19H2,1-3H3,(H,38,42)(H,39,43);1-11,22,25H,12-16,33H2,(H,34,37);4-11H,12-13H2,1-3H3,(H,23,26)(H,24,25);1-3,8,10,16H,4-6H2,(H,17,18);1H4/t25-,28+;22-,25+;;8-,10+;/m11.1./s1. The molecule has 23 nitrogen and oxygen atoms in total. The van der Waals surface area contributed by atoms with Gasteiger partial charge < -0.3 is 75.3 Å². The van der Waals surface area contributed by atoms with Gasteiger partial charge in [0.05, 0.1) is 72.3 Å². The largest absolute Gasteiger partial charge is 0.481 e. The summed E-state index contributed by atoms with van der Waals surface area (Å²) in [6.45, 7) is 11.3. The van der Waals surface area contributed by atoms with Gasteiger partial charge in [-0.3, -0.25) is 28.8 Å². The summed E-state index contributed by atoms with van der Waals surface area (Å²) in [5, 5.41) is 27.5. The van der Waals surface area contributed by atoms with Crippen molar-refractivity contribution in [1.82, 2.24) is 41.7 Å². The van der Waals surface area contributed by atoms with Crippen LogP contribution in [0.4, 0.5) is 35.9 Å². The first kappa shape index (κ1) is 97.9. The number of alkyl carbamates (subject to hydrolysis) is 2. The van der Waals surface area contributed by atoms with Crippen LogP contribution in [0.3, 0.4) is 0 Å². The number of carbonyl (C=O) groups is 8. The molecule has 0 spiro atoms. The summed E-state index contributed by atoms with van der Waals surface area (Å²) in [7, 11) is 0. The number of ether oxygens (including phenoxy) is 2. The van der Waals surface area contributed by atoms with E-state index in [0.29, 0.717) is 52.1 Å². The minimum absolute atomic E-state index is 0. The van der Waals surface area contributed by atoms with Crippen molar-refractivity contribution in [3.05, 3.63) is 283 Å². The maximum atomic E-state index is 14.5. The quantitative estimate of drug-likeness (QED) is 0.0276. The molecule has 130 heavy (non-hydrogen) atoms. The highest BCUT2D eigenvalue weighted by molar-refractivity contribution is 6.31. The molecule has 684 valence electrons. The lowest BCUT2D eigenvalue weighted by Crippen LogP contribution is -2.46. The molecule has 12 aromatic rings. The highest BCUT2D eigenvalue weighted by Crippen LogP contribution is 2.37. The fraction of sp³-hybridized carbons (Fsp3) is 0.306. The Kier molecular flexibility index (Phi) is 33.2. The van der Waals surface area contributed by atoms with Crippen molar-refractivity contribution in [2.24, 2.45) is 5.73 Å². The molecule has 6 atom stereocenters. The number of alkyl halides is 3. The van der Waals surface area contributed by atoms with Crippen LogP contribution in [0, 0.1) is 17.5 Å². The Morgan fingerprint density at radius 2 is 0.785 bits per heavy atom. The van der Waals surface area contributed by atoms with Crippen molar-refractivity contribution >= 4 is 115 Å². The van der Waals surface area contributed by atoms with E-state index in [4.69, 9.17) is 68.4 Å². The molecule has 7 amide bonds. The Morgan fingerprint density at radius 3 is 1.13 bits per heavy atom. The highest BCUT2D eigenvalue weighted by Gasteiger charge is 2.42. The molecule has 0 radical (unpaired) electrons. The van der Waals surface area contributed by atoms with Gasteiger partial charge in [0, 0.05) is 115 Å². The van der Waals surface area contributed by atoms with Gasteiger partial charge in [-0.2, -0.15) is 0 Å². The van der Waals surface area contributed by atoms with Gasteiger partial charge in [0.1, 0.15) is 76.0 Å².